The highest BCUT2D eigenvalue weighted by Gasteiger charge is 2.35. The summed E-state index contributed by atoms with van der Waals surface area (Å²) in [6.07, 6.45) is 2.60. The first-order valence-corrected chi connectivity index (χ1v) is 11.0. The molecule has 10 nitrogen and oxygen atoms in total. The first-order valence-electron chi connectivity index (χ1n) is 11.0. The molecule has 34 heavy (non-hydrogen) atoms. The van der Waals surface area contributed by atoms with Crippen molar-refractivity contribution >= 4 is 22.7 Å². The SMILES string of the molecule is Cc1c(-c2ccc(-n3cnn(C)c3=O)cc2)ccc2c1c(C(=O)NC1CC(C(N)=O)C1)nn2C. The molecule has 0 spiro atoms. The highest BCUT2D eigenvalue weighted by Crippen LogP contribution is 2.33. The molecule has 5 rings (SSSR count). The van der Waals surface area contributed by atoms with Gasteiger partial charge in [0.15, 0.2) is 5.69 Å². The van der Waals surface area contributed by atoms with E-state index in [2.05, 4.69) is 15.5 Å². The van der Waals surface area contributed by atoms with E-state index in [4.69, 9.17) is 5.73 Å². The number of fused-ring (bicyclic) bond motifs is 1. The van der Waals surface area contributed by atoms with Crippen LogP contribution in [0, 0.1) is 12.8 Å². The van der Waals surface area contributed by atoms with Gasteiger partial charge >= 0.3 is 5.69 Å². The van der Waals surface area contributed by atoms with Crippen molar-refractivity contribution in [3.8, 4) is 16.8 Å². The van der Waals surface area contributed by atoms with Gasteiger partial charge in [-0.25, -0.2) is 14.0 Å². The van der Waals surface area contributed by atoms with Gasteiger partial charge in [-0.3, -0.25) is 14.3 Å². The lowest BCUT2D eigenvalue weighted by Gasteiger charge is -2.33. The standard InChI is InChI=1S/C24H25N7O3/c1-13-18(14-4-6-17(7-5-14)31-12-26-30(3)24(31)34)8-9-19-20(13)21(28-29(19)2)23(33)27-16-10-15(11-16)22(25)32/h4-9,12,15-16H,10-11H2,1-3H3,(H2,25,32)(H,27,33). The van der Waals surface area contributed by atoms with Crippen LogP contribution in [0.15, 0.2) is 47.5 Å². The second-order valence-electron chi connectivity index (χ2n) is 8.80. The number of nitrogens with one attached hydrogen (secondary N) is 1. The summed E-state index contributed by atoms with van der Waals surface area (Å²) in [6, 6.07) is 11.5. The monoisotopic (exact) mass is 459 g/mol. The van der Waals surface area contributed by atoms with Gasteiger partial charge in [0.2, 0.25) is 5.91 Å². The van der Waals surface area contributed by atoms with Gasteiger partial charge in [-0.05, 0) is 54.7 Å². The lowest BCUT2D eigenvalue weighted by molar-refractivity contribution is -0.124. The minimum Gasteiger partial charge on any atom is -0.369 e. The van der Waals surface area contributed by atoms with Gasteiger partial charge in [0.25, 0.3) is 5.91 Å². The van der Waals surface area contributed by atoms with E-state index in [1.54, 1.807) is 11.7 Å². The van der Waals surface area contributed by atoms with Crippen LogP contribution in [0.1, 0.15) is 28.9 Å². The van der Waals surface area contributed by atoms with Crippen LogP contribution in [0.4, 0.5) is 0 Å². The maximum atomic E-state index is 13.0. The number of primary amides is 1. The zero-order valence-corrected chi connectivity index (χ0v) is 19.1. The molecular formula is C24H25N7O3. The van der Waals surface area contributed by atoms with E-state index in [1.165, 1.54) is 15.6 Å². The normalized spacial score (nSPS) is 17.5. The largest absolute Gasteiger partial charge is 0.369 e. The average Bonchev–Trinajstić information content (AvgIpc) is 3.30. The number of aromatic nitrogens is 5. The minimum absolute atomic E-state index is 0.0750. The Morgan fingerprint density at radius 2 is 1.76 bits per heavy atom. The molecule has 0 radical (unpaired) electrons. The molecule has 0 aliphatic heterocycles. The van der Waals surface area contributed by atoms with Crippen molar-refractivity contribution in [3.63, 3.8) is 0 Å². The molecule has 0 saturated heterocycles. The van der Waals surface area contributed by atoms with Gasteiger partial charge < -0.3 is 11.1 Å². The zero-order valence-electron chi connectivity index (χ0n) is 19.1. The second-order valence-corrected chi connectivity index (χ2v) is 8.80. The number of hydrogen-bond donors (Lipinski definition) is 2. The van der Waals surface area contributed by atoms with Crippen LogP contribution in [0.5, 0.6) is 0 Å². The third-order valence-corrected chi connectivity index (χ3v) is 6.65. The molecule has 2 aromatic heterocycles. The number of amides is 2. The van der Waals surface area contributed by atoms with Crippen molar-refractivity contribution in [1.82, 2.24) is 29.4 Å². The average molecular weight is 460 g/mol. The quantitative estimate of drug-likeness (QED) is 0.466. The van der Waals surface area contributed by atoms with Crippen molar-refractivity contribution in [2.75, 3.05) is 0 Å². The summed E-state index contributed by atoms with van der Waals surface area (Å²) in [5.41, 5.74) is 9.91. The van der Waals surface area contributed by atoms with E-state index in [1.807, 2.05) is 50.4 Å². The summed E-state index contributed by atoms with van der Waals surface area (Å²) in [6.45, 7) is 1.97. The van der Waals surface area contributed by atoms with Gasteiger partial charge in [-0.2, -0.15) is 10.2 Å². The summed E-state index contributed by atoms with van der Waals surface area (Å²) in [4.78, 5) is 36.5. The number of rotatable bonds is 5. The number of benzene rings is 2. The van der Waals surface area contributed by atoms with Gasteiger partial charge in [-0.1, -0.05) is 18.2 Å². The van der Waals surface area contributed by atoms with Crippen molar-refractivity contribution in [3.05, 3.63) is 64.5 Å². The molecule has 2 amide bonds. The number of hydrogen-bond acceptors (Lipinski definition) is 5. The van der Waals surface area contributed by atoms with Crippen LogP contribution in [-0.2, 0) is 18.9 Å². The molecule has 0 atom stereocenters. The summed E-state index contributed by atoms with van der Waals surface area (Å²) in [5, 5.41) is 12.2. The third kappa shape index (κ3) is 3.47. The molecule has 174 valence electrons. The Morgan fingerprint density at radius 3 is 2.38 bits per heavy atom. The van der Waals surface area contributed by atoms with Crippen LogP contribution < -0.4 is 16.7 Å². The third-order valence-electron chi connectivity index (χ3n) is 6.65. The van der Waals surface area contributed by atoms with E-state index in [9.17, 15) is 14.4 Å². The first-order chi connectivity index (χ1) is 16.2. The van der Waals surface area contributed by atoms with Crippen LogP contribution in [0.25, 0.3) is 27.7 Å². The Balaban J connectivity index is 1.47. The summed E-state index contributed by atoms with van der Waals surface area (Å²) >= 11 is 0. The summed E-state index contributed by atoms with van der Waals surface area (Å²) < 4.78 is 4.46. The predicted molar refractivity (Wildman–Crippen MR) is 126 cm³/mol. The number of carbonyl (C=O) groups excluding carboxylic acids is 2. The second kappa shape index (κ2) is 7.98. The van der Waals surface area contributed by atoms with Crippen molar-refractivity contribution in [2.45, 2.75) is 25.8 Å². The molecule has 0 unspecified atom stereocenters. The zero-order chi connectivity index (χ0) is 24.1. The number of aryl methyl sites for hydroxylation is 3. The van der Waals surface area contributed by atoms with Gasteiger partial charge in [0, 0.05) is 31.4 Å². The van der Waals surface area contributed by atoms with Crippen LogP contribution in [0.2, 0.25) is 0 Å². The molecule has 2 aromatic carbocycles. The fraction of sp³-hybridized carbons (Fsp3) is 0.292. The molecule has 1 fully saturated rings. The van der Waals surface area contributed by atoms with Crippen molar-refractivity contribution in [1.29, 1.82) is 0 Å². The molecule has 1 aliphatic carbocycles. The Labute approximate surface area is 195 Å². The molecule has 1 aliphatic rings. The maximum Gasteiger partial charge on any atom is 0.350 e. The molecule has 0 bridgehead atoms. The van der Waals surface area contributed by atoms with Crippen LogP contribution >= 0.6 is 0 Å². The Morgan fingerprint density at radius 1 is 1.06 bits per heavy atom. The minimum atomic E-state index is -0.325. The molecule has 2 heterocycles. The first kappa shape index (κ1) is 21.6. The Kier molecular flexibility index (Phi) is 5.07. The lowest BCUT2D eigenvalue weighted by Crippen LogP contribution is -2.48. The summed E-state index contributed by atoms with van der Waals surface area (Å²) in [5.74, 6) is -0.761. The van der Waals surface area contributed by atoms with E-state index in [-0.39, 0.29) is 29.5 Å². The molecular weight excluding hydrogens is 434 g/mol. The van der Waals surface area contributed by atoms with E-state index in [0.717, 1.165) is 33.3 Å². The van der Waals surface area contributed by atoms with Crippen LogP contribution in [-0.4, -0.2) is 42.0 Å². The van der Waals surface area contributed by atoms with Gasteiger partial charge in [0.1, 0.15) is 6.33 Å². The topological polar surface area (TPSA) is 130 Å². The maximum absolute atomic E-state index is 13.0. The van der Waals surface area contributed by atoms with Gasteiger partial charge in [0.05, 0.1) is 11.2 Å². The fourth-order valence-electron chi connectivity index (χ4n) is 4.58. The fourth-order valence-corrected chi connectivity index (χ4v) is 4.58. The van der Waals surface area contributed by atoms with Crippen molar-refractivity contribution in [2.24, 2.45) is 25.7 Å². The Hall–Kier alpha value is -4.21. The highest BCUT2D eigenvalue weighted by molar-refractivity contribution is 6.07. The number of nitrogens with zero attached hydrogens (tertiary/aromatic N) is 5. The van der Waals surface area contributed by atoms with E-state index in [0.29, 0.717) is 18.5 Å². The molecule has 1 saturated carbocycles. The van der Waals surface area contributed by atoms with Crippen LogP contribution in [0.3, 0.4) is 0 Å². The highest BCUT2D eigenvalue weighted by atomic mass is 16.2. The summed E-state index contributed by atoms with van der Waals surface area (Å²) in [7, 11) is 3.42. The number of carbonyl (C=O) groups is 2. The van der Waals surface area contributed by atoms with E-state index >= 15 is 0 Å². The van der Waals surface area contributed by atoms with Crippen molar-refractivity contribution < 1.29 is 9.59 Å². The van der Waals surface area contributed by atoms with E-state index < -0.39 is 0 Å². The number of nitrogens with two attached hydrogens (primary N) is 1. The Bertz CT molecular complexity index is 1490. The molecule has 10 heteroatoms. The predicted octanol–water partition coefficient (Wildman–Crippen LogP) is 1.43. The smallest absolute Gasteiger partial charge is 0.350 e. The molecule has 4 aromatic rings. The molecule has 3 N–H and O–H groups in total. The van der Waals surface area contributed by atoms with Gasteiger partial charge in [-0.15, -0.1) is 0 Å². The lowest BCUT2D eigenvalue weighted by atomic mass is 9.80.